The van der Waals surface area contributed by atoms with Crippen molar-refractivity contribution in [3.63, 3.8) is 0 Å². The van der Waals surface area contributed by atoms with Gasteiger partial charge in [-0.2, -0.15) is 13.8 Å². The summed E-state index contributed by atoms with van der Waals surface area (Å²) in [5, 5.41) is 9.14. The van der Waals surface area contributed by atoms with E-state index in [9.17, 15) is 33.0 Å². The Morgan fingerprint density at radius 1 is 1.50 bits per heavy atom. The standard InChI is InChI=1S/C9H11ClF2N3O6P.2H3N/c10-3-1-15(8(17)14-6(3)13)7-9(11,12)5(16)4(21-7)2-22(18,19)20;;/h1,4-5,7,16H,2H2,(H2,13,14,17)(H2,18,19,20);2*1H3/t4-,5-,7-;;/m1../s1. The summed E-state index contributed by atoms with van der Waals surface area (Å²) >= 11 is 5.58. The summed E-state index contributed by atoms with van der Waals surface area (Å²) in [6.45, 7) is 0. The van der Waals surface area contributed by atoms with Crippen LogP contribution in [0.4, 0.5) is 14.6 Å². The number of aromatic nitrogens is 2. The molecule has 24 heavy (non-hydrogen) atoms. The molecule has 3 atom stereocenters. The van der Waals surface area contributed by atoms with Crippen molar-refractivity contribution < 1.29 is 33.0 Å². The van der Waals surface area contributed by atoms with Crippen molar-refractivity contribution in [2.75, 3.05) is 11.9 Å². The van der Waals surface area contributed by atoms with Crippen LogP contribution in [0, 0.1) is 0 Å². The fourth-order valence-electron chi connectivity index (χ4n) is 1.96. The number of nitrogens with two attached hydrogens (primary N) is 1. The molecular formula is C9H17ClF2N5O6P. The average Bonchev–Trinajstić information content (AvgIpc) is 2.56. The molecule has 1 aliphatic rings. The molecule has 15 heteroatoms. The Morgan fingerprint density at radius 2 is 2.04 bits per heavy atom. The molecule has 1 aromatic heterocycles. The van der Waals surface area contributed by atoms with Gasteiger partial charge in [0.25, 0.3) is 0 Å². The molecule has 1 aromatic rings. The van der Waals surface area contributed by atoms with E-state index in [1.54, 1.807) is 0 Å². The molecule has 1 saturated heterocycles. The Morgan fingerprint density at radius 3 is 2.54 bits per heavy atom. The summed E-state index contributed by atoms with van der Waals surface area (Å²) < 4.78 is 43.6. The third-order valence-electron chi connectivity index (χ3n) is 2.97. The fraction of sp³-hybridized carbons (Fsp3) is 0.556. The highest BCUT2D eigenvalue weighted by molar-refractivity contribution is 7.48. The molecule has 1 fully saturated rings. The van der Waals surface area contributed by atoms with Gasteiger partial charge in [-0.25, -0.2) is 4.79 Å². The number of alkyl halides is 2. The van der Waals surface area contributed by atoms with Crippen LogP contribution in [0.25, 0.3) is 0 Å². The first-order valence-corrected chi connectivity index (χ1v) is 7.80. The number of halogens is 3. The first-order valence-electron chi connectivity index (χ1n) is 5.70. The second-order valence-corrected chi connectivity index (χ2v) is 6.60. The van der Waals surface area contributed by atoms with Crippen molar-refractivity contribution in [3.05, 3.63) is 21.7 Å². The zero-order valence-corrected chi connectivity index (χ0v) is 14.2. The quantitative estimate of drug-likeness (QED) is 0.464. The number of quaternary nitrogens is 2. The minimum atomic E-state index is -5.22. The van der Waals surface area contributed by atoms with E-state index in [1.165, 1.54) is 0 Å². The smallest absolute Gasteiger partial charge is 0.351 e. The highest BCUT2D eigenvalue weighted by Gasteiger charge is 2.59. The molecule has 0 aliphatic carbocycles. The topological polar surface area (TPSA) is 227 Å². The predicted octanol–water partition coefficient (Wildman–Crippen LogP) is -0.961. The van der Waals surface area contributed by atoms with Gasteiger partial charge in [0.15, 0.2) is 0 Å². The van der Waals surface area contributed by atoms with Crippen LogP contribution in [0.1, 0.15) is 6.23 Å². The fourth-order valence-corrected chi connectivity index (χ4v) is 2.84. The SMILES string of the molecule is Nc1nc(=O)n([C@@H]2O[C@H](CP(=O)([O-])[O-])[C@@H](O)C2(F)F)cc1Cl.[NH4+].[NH4+]. The summed E-state index contributed by atoms with van der Waals surface area (Å²) in [6, 6.07) is 0. The summed E-state index contributed by atoms with van der Waals surface area (Å²) in [5.74, 6) is -4.45. The van der Waals surface area contributed by atoms with Gasteiger partial charge in [0.05, 0.1) is 11.1 Å². The number of aliphatic hydroxyl groups excluding tert-OH is 1. The molecule has 0 radical (unpaired) electrons. The van der Waals surface area contributed by atoms with Crippen LogP contribution in [-0.2, 0) is 9.30 Å². The lowest BCUT2D eigenvalue weighted by atomic mass is 10.1. The van der Waals surface area contributed by atoms with Crippen molar-refractivity contribution in [1.82, 2.24) is 21.9 Å². The molecule has 1 aliphatic heterocycles. The lowest BCUT2D eigenvalue weighted by Crippen LogP contribution is -2.42. The van der Waals surface area contributed by atoms with Crippen molar-refractivity contribution in [2.24, 2.45) is 0 Å². The molecule has 0 aromatic carbocycles. The van der Waals surface area contributed by atoms with Crippen LogP contribution >= 0.6 is 19.2 Å². The van der Waals surface area contributed by atoms with Crippen LogP contribution in [0.15, 0.2) is 11.0 Å². The van der Waals surface area contributed by atoms with Crippen LogP contribution in [-0.4, -0.2) is 38.9 Å². The number of aliphatic hydroxyl groups is 1. The lowest BCUT2D eigenvalue weighted by molar-refractivity contribution is -0.315. The maximum absolute atomic E-state index is 14.0. The normalized spacial score (nSPS) is 25.7. The zero-order valence-electron chi connectivity index (χ0n) is 12.6. The van der Waals surface area contributed by atoms with Gasteiger partial charge in [0.1, 0.15) is 11.9 Å². The van der Waals surface area contributed by atoms with Crippen molar-refractivity contribution in [2.45, 2.75) is 24.4 Å². The third kappa shape index (κ3) is 4.26. The van der Waals surface area contributed by atoms with Gasteiger partial charge in [0, 0.05) is 12.4 Å². The zero-order chi connectivity index (χ0) is 16.9. The number of rotatable bonds is 3. The number of nitrogens with zero attached hydrogens (tertiary/aromatic N) is 2. The molecule has 140 valence electrons. The van der Waals surface area contributed by atoms with E-state index in [1.807, 2.05) is 0 Å². The first-order chi connectivity index (χ1) is 9.93. The number of nitrogen functional groups attached to an aromatic ring is 1. The molecule has 0 unspecified atom stereocenters. The number of hydrogen-bond donors (Lipinski definition) is 4. The second-order valence-electron chi connectivity index (χ2n) is 4.60. The maximum Gasteiger partial charge on any atom is 0.351 e. The Balaban J connectivity index is 0.00000264. The number of ether oxygens (including phenoxy) is 1. The predicted molar refractivity (Wildman–Crippen MR) is 77.2 cm³/mol. The van der Waals surface area contributed by atoms with E-state index in [4.69, 9.17) is 17.3 Å². The van der Waals surface area contributed by atoms with Crippen LogP contribution < -0.4 is 33.5 Å². The van der Waals surface area contributed by atoms with Crippen molar-refractivity contribution in [3.8, 4) is 0 Å². The van der Waals surface area contributed by atoms with Crippen molar-refractivity contribution >= 4 is 25.0 Å². The van der Waals surface area contributed by atoms with Crippen LogP contribution in [0.2, 0.25) is 5.02 Å². The second kappa shape index (κ2) is 7.37. The molecule has 11 nitrogen and oxygen atoms in total. The first kappa shape index (κ1) is 22.8. The van der Waals surface area contributed by atoms with Crippen molar-refractivity contribution in [1.29, 1.82) is 0 Å². The molecule has 0 spiro atoms. The van der Waals surface area contributed by atoms with Gasteiger partial charge in [-0.1, -0.05) is 19.2 Å². The molecule has 2 heterocycles. The summed E-state index contributed by atoms with van der Waals surface area (Å²) in [6.07, 6.45) is -7.61. The Labute approximate surface area is 138 Å². The molecule has 0 amide bonds. The third-order valence-corrected chi connectivity index (χ3v) is 4.07. The highest BCUT2D eigenvalue weighted by Crippen LogP contribution is 2.45. The van der Waals surface area contributed by atoms with Gasteiger partial charge in [-0.05, 0) is 0 Å². The van der Waals surface area contributed by atoms with E-state index in [2.05, 4.69) is 9.72 Å². The molecule has 2 rings (SSSR count). The van der Waals surface area contributed by atoms with Gasteiger partial charge in [-0.15, -0.1) is 0 Å². The van der Waals surface area contributed by atoms with E-state index >= 15 is 0 Å². The summed E-state index contributed by atoms with van der Waals surface area (Å²) in [7, 11) is -5.22. The lowest BCUT2D eigenvalue weighted by Gasteiger charge is -2.32. The monoisotopic (exact) mass is 395 g/mol. The van der Waals surface area contributed by atoms with E-state index in [0.717, 1.165) is 0 Å². The van der Waals surface area contributed by atoms with E-state index in [0.29, 0.717) is 6.20 Å². The maximum atomic E-state index is 14.0. The molecule has 0 saturated carbocycles. The van der Waals surface area contributed by atoms with Gasteiger partial charge < -0.3 is 42.2 Å². The highest BCUT2D eigenvalue weighted by atomic mass is 35.5. The average molecular weight is 396 g/mol. The number of anilines is 1. The van der Waals surface area contributed by atoms with Crippen LogP contribution in [0.5, 0.6) is 0 Å². The Kier molecular flexibility index (Phi) is 7.01. The summed E-state index contributed by atoms with van der Waals surface area (Å²) in [5.41, 5.74) is 4.00. The van der Waals surface area contributed by atoms with Gasteiger partial charge in [0.2, 0.25) is 6.23 Å². The minimum absolute atomic E-state index is 0. The summed E-state index contributed by atoms with van der Waals surface area (Å²) in [4.78, 5) is 36.1. The molecule has 11 N–H and O–H groups in total. The largest absolute Gasteiger partial charge is 0.811 e. The molecular weight excluding hydrogens is 379 g/mol. The number of hydrogen-bond acceptors (Lipinski definition) is 8. The van der Waals surface area contributed by atoms with Crippen LogP contribution in [0.3, 0.4) is 0 Å². The van der Waals surface area contributed by atoms with E-state index < -0.39 is 49.6 Å². The Hall–Kier alpha value is -1.18. The molecule has 0 bridgehead atoms. The Bertz CT molecular complexity index is 699. The van der Waals surface area contributed by atoms with E-state index in [-0.39, 0.29) is 21.9 Å². The van der Waals surface area contributed by atoms with Gasteiger partial charge in [-0.3, -0.25) is 4.57 Å². The van der Waals surface area contributed by atoms with Gasteiger partial charge >= 0.3 is 11.6 Å². The minimum Gasteiger partial charge on any atom is -0.811 e.